The Hall–Kier alpha value is -0.620. The molecule has 1 N–H and O–H groups in total. The third-order valence-corrected chi connectivity index (χ3v) is 5.42. The molecule has 0 aliphatic carbocycles. The Balaban J connectivity index is 4.93. The maximum Gasteiger partial charge on any atom is 0.321 e. The van der Waals surface area contributed by atoms with E-state index in [1.54, 1.807) is 6.92 Å². The van der Waals surface area contributed by atoms with Crippen LogP contribution in [0.2, 0.25) is 0 Å². The second kappa shape index (κ2) is 10.2. The zero-order chi connectivity index (χ0) is 15.6. The van der Waals surface area contributed by atoms with E-state index in [0.29, 0.717) is 6.42 Å². The highest BCUT2D eigenvalue weighted by Gasteiger charge is 2.33. The van der Waals surface area contributed by atoms with Gasteiger partial charge in [0.15, 0.2) is 9.84 Å². The second-order valence-electron chi connectivity index (χ2n) is 4.91. The van der Waals surface area contributed by atoms with Crippen molar-refractivity contribution in [3.05, 3.63) is 0 Å². The Morgan fingerprint density at radius 3 is 2.25 bits per heavy atom. The average Bonchev–Trinajstić information content (AvgIpc) is 2.35. The normalized spacial score (nSPS) is 14.8. The number of rotatable bonds is 11. The smallest absolute Gasteiger partial charge is 0.321 e. The van der Waals surface area contributed by atoms with Crippen LogP contribution in [-0.4, -0.2) is 44.6 Å². The van der Waals surface area contributed by atoms with E-state index in [0.717, 1.165) is 25.8 Å². The summed E-state index contributed by atoms with van der Waals surface area (Å²) in [5.74, 6) is -1.18. The molecule has 6 heteroatoms. The van der Waals surface area contributed by atoms with Gasteiger partial charge in [0.05, 0.1) is 11.9 Å². The van der Waals surface area contributed by atoms with E-state index in [4.69, 9.17) is 4.74 Å². The molecule has 0 aromatic rings. The SMILES string of the molecule is CCCNC(CCC)C(CC)S(=O)(=O)CC(=O)OCC. The van der Waals surface area contributed by atoms with E-state index in [1.165, 1.54) is 0 Å². The largest absolute Gasteiger partial charge is 0.465 e. The Morgan fingerprint density at radius 1 is 1.15 bits per heavy atom. The lowest BCUT2D eigenvalue weighted by molar-refractivity contribution is -0.139. The first kappa shape index (κ1) is 19.4. The summed E-state index contributed by atoms with van der Waals surface area (Å²) < 4.78 is 29.5. The lowest BCUT2D eigenvalue weighted by Gasteiger charge is -2.26. The summed E-state index contributed by atoms with van der Waals surface area (Å²) in [7, 11) is -3.48. The molecule has 0 aromatic carbocycles. The van der Waals surface area contributed by atoms with Crippen molar-refractivity contribution in [3.8, 4) is 0 Å². The minimum Gasteiger partial charge on any atom is -0.465 e. The Kier molecular flexibility index (Phi) is 9.84. The molecule has 20 heavy (non-hydrogen) atoms. The number of nitrogens with one attached hydrogen (secondary N) is 1. The molecule has 0 aliphatic heterocycles. The molecule has 0 heterocycles. The van der Waals surface area contributed by atoms with Crippen LogP contribution in [0.4, 0.5) is 0 Å². The van der Waals surface area contributed by atoms with Crippen LogP contribution in [0, 0.1) is 0 Å². The first-order valence-electron chi connectivity index (χ1n) is 7.53. The molecular formula is C14H29NO4S. The molecule has 5 nitrogen and oxygen atoms in total. The second-order valence-corrected chi connectivity index (χ2v) is 7.13. The number of hydrogen-bond donors (Lipinski definition) is 1. The molecule has 0 saturated heterocycles. The molecule has 0 aromatic heterocycles. The number of carbonyl (C=O) groups excluding carboxylic acids is 1. The highest BCUT2D eigenvalue weighted by Crippen LogP contribution is 2.16. The molecule has 2 atom stereocenters. The fourth-order valence-corrected chi connectivity index (χ4v) is 4.19. The number of ether oxygens (including phenoxy) is 1. The summed E-state index contributed by atoms with van der Waals surface area (Å²) in [4.78, 5) is 11.5. The van der Waals surface area contributed by atoms with Gasteiger partial charge in [0, 0.05) is 6.04 Å². The quantitative estimate of drug-likeness (QED) is 0.590. The first-order valence-corrected chi connectivity index (χ1v) is 9.24. The molecule has 0 amide bonds. The van der Waals surface area contributed by atoms with E-state index in [-0.39, 0.29) is 12.6 Å². The number of sulfone groups is 1. The predicted octanol–water partition coefficient (Wildman–Crippen LogP) is 1.91. The fraction of sp³-hybridized carbons (Fsp3) is 0.929. The molecular weight excluding hydrogens is 278 g/mol. The van der Waals surface area contributed by atoms with Crippen molar-refractivity contribution < 1.29 is 17.9 Å². The summed E-state index contributed by atoms with van der Waals surface area (Å²) >= 11 is 0. The van der Waals surface area contributed by atoms with Crippen molar-refractivity contribution in [1.82, 2.24) is 5.32 Å². The topological polar surface area (TPSA) is 72.5 Å². The van der Waals surface area contributed by atoms with Crippen molar-refractivity contribution in [3.63, 3.8) is 0 Å². The van der Waals surface area contributed by atoms with E-state index in [1.807, 2.05) is 20.8 Å². The summed E-state index contributed by atoms with van der Waals surface area (Å²) in [6.07, 6.45) is 3.16. The minimum atomic E-state index is -3.48. The van der Waals surface area contributed by atoms with Crippen molar-refractivity contribution in [2.75, 3.05) is 18.9 Å². The number of esters is 1. The van der Waals surface area contributed by atoms with Crippen LogP contribution in [0.25, 0.3) is 0 Å². The highest BCUT2D eigenvalue weighted by atomic mass is 32.2. The van der Waals surface area contributed by atoms with Gasteiger partial charge in [-0.3, -0.25) is 4.79 Å². The zero-order valence-electron chi connectivity index (χ0n) is 13.1. The first-order chi connectivity index (χ1) is 9.42. The molecule has 2 unspecified atom stereocenters. The molecule has 0 radical (unpaired) electrons. The maximum atomic E-state index is 12.4. The van der Waals surface area contributed by atoms with Gasteiger partial charge in [-0.2, -0.15) is 0 Å². The molecule has 0 rings (SSSR count). The molecule has 0 spiro atoms. The van der Waals surface area contributed by atoms with E-state index < -0.39 is 26.8 Å². The van der Waals surface area contributed by atoms with E-state index >= 15 is 0 Å². The third kappa shape index (κ3) is 6.70. The Bertz CT molecular complexity index is 367. The highest BCUT2D eigenvalue weighted by molar-refractivity contribution is 7.92. The van der Waals surface area contributed by atoms with Gasteiger partial charge < -0.3 is 10.1 Å². The van der Waals surface area contributed by atoms with Gasteiger partial charge in [-0.25, -0.2) is 8.42 Å². The van der Waals surface area contributed by atoms with Crippen LogP contribution in [0.3, 0.4) is 0 Å². The van der Waals surface area contributed by atoms with Gasteiger partial charge in [0.2, 0.25) is 0 Å². The van der Waals surface area contributed by atoms with Crippen LogP contribution < -0.4 is 5.32 Å². The van der Waals surface area contributed by atoms with Crippen LogP contribution >= 0.6 is 0 Å². The molecule has 0 fully saturated rings. The van der Waals surface area contributed by atoms with Crippen LogP contribution in [0.5, 0.6) is 0 Å². The van der Waals surface area contributed by atoms with Gasteiger partial charge in [0.25, 0.3) is 0 Å². The van der Waals surface area contributed by atoms with Gasteiger partial charge >= 0.3 is 5.97 Å². The monoisotopic (exact) mass is 307 g/mol. The predicted molar refractivity (Wildman–Crippen MR) is 81.5 cm³/mol. The summed E-state index contributed by atoms with van der Waals surface area (Å²) in [6.45, 7) is 8.59. The van der Waals surface area contributed by atoms with Crippen molar-refractivity contribution in [2.24, 2.45) is 0 Å². The summed E-state index contributed by atoms with van der Waals surface area (Å²) in [5.41, 5.74) is 0. The molecule has 0 saturated carbocycles. The van der Waals surface area contributed by atoms with Crippen molar-refractivity contribution in [2.45, 2.75) is 64.7 Å². The van der Waals surface area contributed by atoms with Gasteiger partial charge in [-0.1, -0.05) is 27.2 Å². The minimum absolute atomic E-state index is 0.0932. The van der Waals surface area contributed by atoms with E-state index in [9.17, 15) is 13.2 Å². The van der Waals surface area contributed by atoms with Gasteiger partial charge in [-0.15, -0.1) is 0 Å². The number of carbonyl (C=O) groups is 1. The lowest BCUT2D eigenvalue weighted by Crippen LogP contribution is -2.46. The molecule has 0 aliphatic rings. The molecule has 120 valence electrons. The fourth-order valence-electron chi connectivity index (χ4n) is 2.32. The van der Waals surface area contributed by atoms with Crippen LogP contribution in [-0.2, 0) is 19.4 Å². The summed E-state index contributed by atoms with van der Waals surface area (Å²) in [6, 6.07) is -0.0932. The maximum absolute atomic E-state index is 12.4. The third-order valence-electron chi connectivity index (χ3n) is 3.19. The Morgan fingerprint density at radius 2 is 1.80 bits per heavy atom. The van der Waals surface area contributed by atoms with Crippen molar-refractivity contribution >= 4 is 15.8 Å². The average molecular weight is 307 g/mol. The lowest BCUT2D eigenvalue weighted by atomic mass is 10.1. The zero-order valence-corrected chi connectivity index (χ0v) is 14.0. The standard InChI is InChI=1S/C14H29NO4S/c1-5-9-12(15-10-6-2)13(7-3)20(17,18)11-14(16)19-8-4/h12-13,15H,5-11H2,1-4H3. The number of hydrogen-bond acceptors (Lipinski definition) is 5. The van der Waals surface area contributed by atoms with Gasteiger partial charge in [0.1, 0.15) is 5.75 Å². The van der Waals surface area contributed by atoms with Crippen LogP contribution in [0.1, 0.15) is 53.4 Å². The van der Waals surface area contributed by atoms with Gasteiger partial charge in [-0.05, 0) is 32.7 Å². The summed E-state index contributed by atoms with van der Waals surface area (Å²) in [5, 5.41) is 2.77. The van der Waals surface area contributed by atoms with E-state index in [2.05, 4.69) is 5.32 Å². The van der Waals surface area contributed by atoms with Crippen molar-refractivity contribution in [1.29, 1.82) is 0 Å². The molecule has 0 bridgehead atoms. The Labute approximate surface area is 123 Å². The van der Waals surface area contributed by atoms with Crippen LogP contribution in [0.15, 0.2) is 0 Å².